The quantitative estimate of drug-likeness (QED) is 0.537. The number of benzene rings is 1. The molecular formula is C25H34N6O2. The van der Waals surface area contributed by atoms with Gasteiger partial charge in [-0.2, -0.15) is 5.10 Å². The molecule has 176 valence electrons. The number of aromatic nitrogens is 4. The van der Waals surface area contributed by atoms with E-state index in [1.807, 2.05) is 29.8 Å². The largest absolute Gasteiger partial charge is 0.492 e. The maximum Gasteiger partial charge on any atom is 0.225 e. The number of ether oxygens (including phenoxy) is 1. The van der Waals surface area contributed by atoms with Gasteiger partial charge in [0, 0.05) is 37.7 Å². The summed E-state index contributed by atoms with van der Waals surface area (Å²) in [4.78, 5) is 12.9. The highest BCUT2D eigenvalue weighted by Crippen LogP contribution is 2.25. The van der Waals surface area contributed by atoms with Gasteiger partial charge in [0.1, 0.15) is 12.4 Å². The Labute approximate surface area is 195 Å². The lowest BCUT2D eigenvalue weighted by Gasteiger charge is -2.41. The molecule has 2 aromatic heterocycles. The van der Waals surface area contributed by atoms with Crippen LogP contribution in [0.5, 0.6) is 5.75 Å². The Morgan fingerprint density at radius 3 is 2.61 bits per heavy atom. The zero-order valence-electron chi connectivity index (χ0n) is 19.8. The number of rotatable bonds is 9. The lowest BCUT2D eigenvalue weighted by Crippen LogP contribution is -2.54. The van der Waals surface area contributed by atoms with Crippen LogP contribution in [0, 0.1) is 13.8 Å². The highest BCUT2D eigenvalue weighted by molar-refractivity contribution is 5.31. The van der Waals surface area contributed by atoms with Crippen LogP contribution in [-0.4, -0.2) is 68.6 Å². The first-order valence-electron chi connectivity index (χ1n) is 11.6. The van der Waals surface area contributed by atoms with E-state index in [9.17, 15) is 5.11 Å². The summed E-state index contributed by atoms with van der Waals surface area (Å²) in [6.45, 7) is 8.14. The van der Waals surface area contributed by atoms with E-state index in [0.717, 1.165) is 49.6 Å². The van der Waals surface area contributed by atoms with Gasteiger partial charge < -0.3 is 14.7 Å². The molecule has 0 spiro atoms. The molecule has 1 atom stereocenters. The van der Waals surface area contributed by atoms with Gasteiger partial charge in [-0.25, -0.2) is 9.97 Å². The minimum atomic E-state index is -0.780. The smallest absolute Gasteiger partial charge is 0.225 e. The van der Waals surface area contributed by atoms with Gasteiger partial charge in [-0.15, -0.1) is 0 Å². The van der Waals surface area contributed by atoms with Gasteiger partial charge in [-0.3, -0.25) is 9.58 Å². The third kappa shape index (κ3) is 6.30. The van der Waals surface area contributed by atoms with Crippen molar-refractivity contribution in [3.63, 3.8) is 0 Å². The average molecular weight is 451 g/mol. The molecule has 1 aromatic carbocycles. The van der Waals surface area contributed by atoms with E-state index in [0.29, 0.717) is 25.6 Å². The fourth-order valence-corrected chi connectivity index (χ4v) is 4.58. The molecule has 1 N–H and O–H groups in total. The van der Waals surface area contributed by atoms with Crippen molar-refractivity contribution in [3.05, 3.63) is 65.7 Å². The average Bonchev–Trinajstić information content (AvgIpc) is 3.12. The fraction of sp³-hybridized carbons (Fsp3) is 0.480. The van der Waals surface area contributed by atoms with Crippen molar-refractivity contribution in [3.8, 4) is 5.75 Å². The van der Waals surface area contributed by atoms with E-state index in [1.165, 1.54) is 5.56 Å². The van der Waals surface area contributed by atoms with Gasteiger partial charge in [0.05, 0.1) is 24.4 Å². The van der Waals surface area contributed by atoms with Crippen LogP contribution < -0.4 is 9.64 Å². The first-order chi connectivity index (χ1) is 15.9. The Morgan fingerprint density at radius 2 is 1.91 bits per heavy atom. The normalized spacial score (nSPS) is 18.6. The van der Waals surface area contributed by atoms with Crippen LogP contribution in [0.1, 0.15) is 29.8 Å². The van der Waals surface area contributed by atoms with E-state index in [1.54, 1.807) is 12.4 Å². The Kier molecular flexibility index (Phi) is 7.25. The van der Waals surface area contributed by atoms with E-state index >= 15 is 0 Å². The highest BCUT2D eigenvalue weighted by atomic mass is 16.5. The Hall–Kier alpha value is -2.97. The second-order valence-corrected chi connectivity index (χ2v) is 9.11. The number of anilines is 1. The molecule has 0 amide bonds. The second-order valence-electron chi connectivity index (χ2n) is 9.11. The molecule has 1 aliphatic rings. The number of hydrogen-bond acceptors (Lipinski definition) is 7. The summed E-state index contributed by atoms with van der Waals surface area (Å²) in [5.41, 5.74) is 2.58. The van der Waals surface area contributed by atoms with E-state index in [-0.39, 0.29) is 0 Å². The lowest BCUT2D eigenvalue weighted by atomic mass is 9.92. The topological polar surface area (TPSA) is 79.5 Å². The first kappa shape index (κ1) is 23.2. The van der Waals surface area contributed by atoms with Crippen molar-refractivity contribution in [1.29, 1.82) is 0 Å². The molecule has 4 rings (SSSR count). The van der Waals surface area contributed by atoms with Crippen molar-refractivity contribution in [1.82, 2.24) is 24.6 Å². The molecule has 3 heterocycles. The zero-order chi connectivity index (χ0) is 23.3. The van der Waals surface area contributed by atoms with E-state index in [2.05, 4.69) is 57.0 Å². The minimum Gasteiger partial charge on any atom is -0.492 e. The third-order valence-corrected chi connectivity index (χ3v) is 6.01. The summed E-state index contributed by atoms with van der Waals surface area (Å²) in [5.74, 6) is 1.54. The van der Waals surface area contributed by atoms with Crippen molar-refractivity contribution in [2.75, 3.05) is 38.2 Å². The number of β-amino-alcohol motifs (C(OH)–C–C–N with tert-alkyl or cyclic N) is 1. The van der Waals surface area contributed by atoms with Crippen molar-refractivity contribution >= 4 is 5.95 Å². The predicted octanol–water partition coefficient (Wildman–Crippen LogP) is 2.83. The van der Waals surface area contributed by atoms with Crippen LogP contribution in [0.25, 0.3) is 0 Å². The molecule has 0 unspecified atom stereocenters. The van der Waals surface area contributed by atoms with E-state index in [4.69, 9.17) is 4.74 Å². The standard InChI is InChI=1S/C25H34N6O2/c1-20-16-21(2)31(28-20)14-15-33-23-8-6-22(7-9-23)17-29(3)18-25(32)10-4-13-30(19-25)24-26-11-5-12-27-24/h5-9,11-12,16,32H,4,10,13-15,17-19H2,1-3H3/t25-/m0/s1. The number of nitrogens with zero attached hydrogens (tertiary/aromatic N) is 6. The number of hydrogen-bond donors (Lipinski definition) is 1. The maximum atomic E-state index is 11.2. The predicted molar refractivity (Wildman–Crippen MR) is 128 cm³/mol. The molecule has 0 aliphatic carbocycles. The second kappa shape index (κ2) is 10.3. The number of aliphatic hydroxyl groups is 1. The first-order valence-corrected chi connectivity index (χ1v) is 11.6. The van der Waals surface area contributed by atoms with Gasteiger partial charge in [0.15, 0.2) is 0 Å². The molecular weight excluding hydrogens is 416 g/mol. The summed E-state index contributed by atoms with van der Waals surface area (Å²) in [6.07, 6.45) is 5.19. The lowest BCUT2D eigenvalue weighted by molar-refractivity contribution is -0.00366. The molecule has 1 saturated heterocycles. The SMILES string of the molecule is Cc1cc(C)n(CCOc2ccc(CN(C)C[C@@]3(O)CCCN(c4ncccn4)C3)cc2)n1. The van der Waals surface area contributed by atoms with Gasteiger partial charge in [0.25, 0.3) is 0 Å². The molecule has 33 heavy (non-hydrogen) atoms. The van der Waals surface area contributed by atoms with Crippen LogP contribution in [0.3, 0.4) is 0 Å². The van der Waals surface area contributed by atoms with Crippen LogP contribution >= 0.6 is 0 Å². The number of likely N-dealkylation sites (N-methyl/N-ethyl adjacent to an activating group) is 1. The summed E-state index contributed by atoms with van der Waals surface area (Å²) < 4.78 is 7.87. The monoisotopic (exact) mass is 450 g/mol. The van der Waals surface area contributed by atoms with Crippen LogP contribution in [0.4, 0.5) is 5.95 Å². The van der Waals surface area contributed by atoms with Gasteiger partial charge in [-0.1, -0.05) is 12.1 Å². The molecule has 0 bridgehead atoms. The molecule has 8 nitrogen and oxygen atoms in total. The van der Waals surface area contributed by atoms with Gasteiger partial charge in [0.2, 0.25) is 5.95 Å². The Morgan fingerprint density at radius 1 is 1.15 bits per heavy atom. The van der Waals surface area contributed by atoms with Crippen LogP contribution in [0.15, 0.2) is 48.8 Å². The van der Waals surface area contributed by atoms with Crippen LogP contribution in [-0.2, 0) is 13.1 Å². The van der Waals surface area contributed by atoms with Gasteiger partial charge >= 0.3 is 0 Å². The minimum absolute atomic E-state index is 0.545. The van der Waals surface area contributed by atoms with Crippen molar-refractivity contribution < 1.29 is 9.84 Å². The molecule has 3 aromatic rings. The number of aryl methyl sites for hydroxylation is 2. The third-order valence-electron chi connectivity index (χ3n) is 6.01. The van der Waals surface area contributed by atoms with E-state index < -0.39 is 5.60 Å². The molecule has 0 saturated carbocycles. The maximum absolute atomic E-state index is 11.2. The zero-order valence-corrected chi connectivity index (χ0v) is 19.8. The Bertz CT molecular complexity index is 1020. The van der Waals surface area contributed by atoms with Crippen LogP contribution in [0.2, 0.25) is 0 Å². The fourth-order valence-electron chi connectivity index (χ4n) is 4.58. The van der Waals surface area contributed by atoms with Crippen molar-refractivity contribution in [2.45, 2.75) is 45.4 Å². The highest BCUT2D eigenvalue weighted by Gasteiger charge is 2.35. The van der Waals surface area contributed by atoms with Gasteiger partial charge in [-0.05, 0) is 63.6 Å². The molecule has 0 radical (unpaired) electrons. The Balaban J connectivity index is 1.26. The molecule has 8 heteroatoms. The molecule has 1 fully saturated rings. The molecule has 1 aliphatic heterocycles. The summed E-state index contributed by atoms with van der Waals surface area (Å²) in [5, 5.41) is 15.7. The summed E-state index contributed by atoms with van der Waals surface area (Å²) in [6, 6.07) is 12.1. The number of piperidine rings is 1. The summed E-state index contributed by atoms with van der Waals surface area (Å²) >= 11 is 0. The van der Waals surface area contributed by atoms with Crippen molar-refractivity contribution in [2.24, 2.45) is 0 Å². The summed E-state index contributed by atoms with van der Waals surface area (Å²) in [7, 11) is 2.05.